The van der Waals surface area contributed by atoms with Crippen LogP contribution in [0.15, 0.2) is 18.3 Å². The van der Waals surface area contributed by atoms with E-state index in [0.29, 0.717) is 11.8 Å². The SMILES string of the molecule is CC(C)c1nc2cccnc2n1CC1CCCN(C)C1. The quantitative estimate of drug-likeness (QED) is 0.861. The number of nitrogens with zero attached hydrogens (tertiary/aromatic N) is 4. The summed E-state index contributed by atoms with van der Waals surface area (Å²) in [6.07, 6.45) is 4.49. The molecule has 1 aliphatic rings. The summed E-state index contributed by atoms with van der Waals surface area (Å²) in [5, 5.41) is 0. The minimum absolute atomic E-state index is 0.436. The molecule has 1 fully saturated rings. The number of hydrogen-bond acceptors (Lipinski definition) is 3. The first-order chi connectivity index (χ1) is 9.65. The van der Waals surface area contributed by atoms with E-state index in [-0.39, 0.29) is 0 Å². The van der Waals surface area contributed by atoms with Gasteiger partial charge in [0.15, 0.2) is 5.65 Å². The highest BCUT2D eigenvalue weighted by Gasteiger charge is 2.21. The molecule has 0 N–H and O–H groups in total. The van der Waals surface area contributed by atoms with Crippen molar-refractivity contribution >= 4 is 11.2 Å². The summed E-state index contributed by atoms with van der Waals surface area (Å²) in [4.78, 5) is 11.8. The lowest BCUT2D eigenvalue weighted by Gasteiger charge is -2.30. The van der Waals surface area contributed by atoms with E-state index in [1.54, 1.807) is 0 Å². The Labute approximate surface area is 120 Å². The Morgan fingerprint density at radius 1 is 1.40 bits per heavy atom. The summed E-state index contributed by atoms with van der Waals surface area (Å²) >= 11 is 0. The van der Waals surface area contributed by atoms with E-state index >= 15 is 0 Å². The number of fused-ring (bicyclic) bond motifs is 1. The van der Waals surface area contributed by atoms with Gasteiger partial charge in [0.1, 0.15) is 11.3 Å². The Morgan fingerprint density at radius 3 is 3.00 bits per heavy atom. The fraction of sp³-hybridized carbons (Fsp3) is 0.625. The standard InChI is InChI=1S/C16H24N4/c1-12(2)15-18-14-7-4-8-17-16(14)20(15)11-13-6-5-9-19(3)10-13/h4,7-8,12-13H,5-6,9-11H2,1-3H3. The van der Waals surface area contributed by atoms with Gasteiger partial charge >= 0.3 is 0 Å². The number of likely N-dealkylation sites (tertiary alicyclic amines) is 1. The third-order valence-electron chi connectivity index (χ3n) is 4.21. The summed E-state index contributed by atoms with van der Waals surface area (Å²) in [7, 11) is 2.22. The number of imidazole rings is 1. The van der Waals surface area contributed by atoms with Crippen molar-refractivity contribution in [3.05, 3.63) is 24.2 Å². The lowest BCUT2D eigenvalue weighted by Crippen LogP contribution is -2.34. The Hall–Kier alpha value is -1.42. The predicted molar refractivity (Wildman–Crippen MR) is 81.8 cm³/mol. The Kier molecular flexibility index (Phi) is 3.74. The molecule has 0 saturated carbocycles. The number of hydrogen-bond donors (Lipinski definition) is 0. The van der Waals surface area contributed by atoms with Crippen molar-refractivity contribution in [2.45, 2.75) is 39.2 Å². The van der Waals surface area contributed by atoms with Crippen molar-refractivity contribution in [3.63, 3.8) is 0 Å². The second-order valence-corrected chi connectivity index (χ2v) is 6.35. The summed E-state index contributed by atoms with van der Waals surface area (Å²) in [5.74, 6) is 2.32. The summed E-state index contributed by atoms with van der Waals surface area (Å²) in [6, 6.07) is 4.04. The van der Waals surface area contributed by atoms with Crippen LogP contribution < -0.4 is 0 Å². The van der Waals surface area contributed by atoms with Crippen molar-refractivity contribution in [3.8, 4) is 0 Å². The molecule has 3 heterocycles. The van der Waals surface area contributed by atoms with E-state index in [2.05, 4.69) is 41.4 Å². The summed E-state index contributed by atoms with van der Waals surface area (Å²) in [6.45, 7) is 7.89. The predicted octanol–water partition coefficient (Wildman–Crippen LogP) is 2.90. The monoisotopic (exact) mass is 272 g/mol. The third kappa shape index (κ3) is 2.57. The first-order valence-electron chi connectivity index (χ1n) is 7.65. The van der Waals surface area contributed by atoms with Crippen molar-refractivity contribution in [2.24, 2.45) is 5.92 Å². The molecule has 1 saturated heterocycles. The fourth-order valence-electron chi connectivity index (χ4n) is 3.28. The Morgan fingerprint density at radius 2 is 2.25 bits per heavy atom. The van der Waals surface area contributed by atoms with E-state index in [9.17, 15) is 0 Å². The van der Waals surface area contributed by atoms with E-state index in [1.807, 2.05) is 12.3 Å². The van der Waals surface area contributed by atoms with Gasteiger partial charge < -0.3 is 9.47 Å². The van der Waals surface area contributed by atoms with Gasteiger partial charge in [-0.2, -0.15) is 0 Å². The molecule has 4 nitrogen and oxygen atoms in total. The summed E-state index contributed by atoms with van der Waals surface area (Å²) < 4.78 is 2.35. The van der Waals surface area contributed by atoms with Gasteiger partial charge in [0, 0.05) is 25.2 Å². The van der Waals surface area contributed by atoms with Gasteiger partial charge in [-0.15, -0.1) is 0 Å². The maximum atomic E-state index is 4.78. The zero-order valence-electron chi connectivity index (χ0n) is 12.7. The second-order valence-electron chi connectivity index (χ2n) is 6.35. The van der Waals surface area contributed by atoms with Crippen molar-refractivity contribution in [2.75, 3.05) is 20.1 Å². The zero-order chi connectivity index (χ0) is 14.1. The first-order valence-corrected chi connectivity index (χ1v) is 7.65. The molecule has 1 aliphatic heterocycles. The minimum Gasteiger partial charge on any atom is -0.312 e. The topological polar surface area (TPSA) is 34.0 Å². The highest BCUT2D eigenvalue weighted by Crippen LogP contribution is 2.24. The van der Waals surface area contributed by atoms with Crippen molar-refractivity contribution in [1.29, 1.82) is 0 Å². The third-order valence-corrected chi connectivity index (χ3v) is 4.21. The van der Waals surface area contributed by atoms with E-state index in [0.717, 1.165) is 17.7 Å². The van der Waals surface area contributed by atoms with E-state index in [4.69, 9.17) is 4.98 Å². The van der Waals surface area contributed by atoms with Crippen LogP contribution in [0, 0.1) is 5.92 Å². The van der Waals surface area contributed by atoms with Gasteiger partial charge in [-0.1, -0.05) is 13.8 Å². The molecule has 1 unspecified atom stereocenters. The van der Waals surface area contributed by atoms with Crippen LogP contribution in [-0.4, -0.2) is 39.6 Å². The second kappa shape index (κ2) is 5.52. The zero-order valence-corrected chi connectivity index (χ0v) is 12.7. The normalized spacial score (nSPS) is 20.9. The summed E-state index contributed by atoms with van der Waals surface area (Å²) in [5.41, 5.74) is 2.07. The molecular formula is C16H24N4. The lowest BCUT2D eigenvalue weighted by atomic mass is 9.98. The van der Waals surface area contributed by atoms with Gasteiger partial charge in [0.25, 0.3) is 0 Å². The average Bonchev–Trinajstić information content (AvgIpc) is 2.78. The highest BCUT2D eigenvalue weighted by molar-refractivity contribution is 5.71. The molecule has 1 atom stereocenters. The molecule has 2 aromatic rings. The molecule has 0 aliphatic carbocycles. The first kappa shape index (κ1) is 13.6. The van der Waals surface area contributed by atoms with Crippen LogP contribution in [-0.2, 0) is 6.54 Å². The molecule has 0 amide bonds. The molecule has 4 heteroatoms. The molecule has 0 bridgehead atoms. The number of rotatable bonds is 3. The van der Waals surface area contributed by atoms with Gasteiger partial charge in [0.2, 0.25) is 0 Å². The number of piperidine rings is 1. The van der Waals surface area contributed by atoms with E-state index < -0.39 is 0 Å². The van der Waals surface area contributed by atoms with Crippen LogP contribution >= 0.6 is 0 Å². The number of aromatic nitrogens is 3. The Balaban J connectivity index is 1.94. The highest BCUT2D eigenvalue weighted by atomic mass is 15.2. The molecular weight excluding hydrogens is 248 g/mol. The molecule has 3 rings (SSSR count). The van der Waals surface area contributed by atoms with Crippen LogP contribution in [0.3, 0.4) is 0 Å². The molecule has 0 spiro atoms. The minimum atomic E-state index is 0.436. The van der Waals surface area contributed by atoms with Crippen molar-refractivity contribution < 1.29 is 0 Å². The van der Waals surface area contributed by atoms with Gasteiger partial charge in [0.05, 0.1) is 0 Å². The molecule has 0 aromatic carbocycles. The maximum Gasteiger partial charge on any atom is 0.160 e. The Bertz CT molecular complexity index is 587. The fourth-order valence-corrected chi connectivity index (χ4v) is 3.28. The molecule has 0 radical (unpaired) electrons. The molecule has 2 aromatic heterocycles. The van der Waals surface area contributed by atoms with Crippen LogP contribution in [0.4, 0.5) is 0 Å². The van der Waals surface area contributed by atoms with Gasteiger partial charge in [-0.05, 0) is 44.5 Å². The average molecular weight is 272 g/mol. The van der Waals surface area contributed by atoms with Crippen molar-refractivity contribution in [1.82, 2.24) is 19.4 Å². The van der Waals surface area contributed by atoms with E-state index in [1.165, 1.54) is 31.8 Å². The largest absolute Gasteiger partial charge is 0.312 e. The molecule has 108 valence electrons. The van der Waals surface area contributed by atoms with Crippen LogP contribution in [0.5, 0.6) is 0 Å². The number of pyridine rings is 1. The molecule has 20 heavy (non-hydrogen) atoms. The lowest BCUT2D eigenvalue weighted by molar-refractivity contribution is 0.194. The maximum absolute atomic E-state index is 4.78. The van der Waals surface area contributed by atoms with Crippen LogP contribution in [0.1, 0.15) is 38.4 Å². The smallest absolute Gasteiger partial charge is 0.160 e. The van der Waals surface area contributed by atoms with Gasteiger partial charge in [-0.3, -0.25) is 0 Å². The van der Waals surface area contributed by atoms with Crippen LogP contribution in [0.2, 0.25) is 0 Å². The van der Waals surface area contributed by atoms with Crippen LogP contribution in [0.25, 0.3) is 11.2 Å². The van der Waals surface area contributed by atoms with Gasteiger partial charge in [-0.25, -0.2) is 9.97 Å².